The molecule has 3 aromatic carbocycles. The van der Waals surface area contributed by atoms with Gasteiger partial charge in [0.15, 0.2) is 6.61 Å². The zero-order valence-electron chi connectivity index (χ0n) is 16.2. The number of benzene rings is 3. The summed E-state index contributed by atoms with van der Waals surface area (Å²) in [4.78, 5) is 25.1. The number of carbonyl (C=O) groups is 2. The molecule has 0 aliphatic heterocycles. The molecule has 30 heavy (non-hydrogen) atoms. The second-order valence-electron chi connectivity index (χ2n) is 6.17. The van der Waals surface area contributed by atoms with Crippen molar-refractivity contribution in [2.24, 2.45) is 0 Å². The average Bonchev–Trinajstić information content (AvgIpc) is 2.78. The quantitative estimate of drug-likeness (QED) is 0.627. The topological polar surface area (TPSA) is 100 Å². The number of carbonyl (C=O) groups excluding carboxylic acids is 2. The molecule has 2 amide bonds. The van der Waals surface area contributed by atoms with Crippen molar-refractivity contribution in [2.45, 2.75) is 0 Å². The first kappa shape index (κ1) is 20.4. The van der Waals surface area contributed by atoms with Gasteiger partial charge < -0.3 is 20.1 Å². The van der Waals surface area contributed by atoms with E-state index in [-0.39, 0.29) is 12.5 Å². The molecule has 0 saturated heterocycles. The fraction of sp³-hybridized carbons (Fsp3) is 0.0870. The fourth-order valence-corrected chi connectivity index (χ4v) is 2.69. The van der Waals surface area contributed by atoms with E-state index in [0.29, 0.717) is 34.0 Å². The molecule has 0 fully saturated rings. The van der Waals surface area contributed by atoms with Gasteiger partial charge in [-0.05, 0) is 48.5 Å². The third-order valence-corrected chi connectivity index (χ3v) is 4.15. The van der Waals surface area contributed by atoms with Crippen LogP contribution in [-0.2, 0) is 4.79 Å². The van der Waals surface area contributed by atoms with Gasteiger partial charge in [-0.15, -0.1) is 0 Å². The van der Waals surface area contributed by atoms with Crippen LogP contribution in [0, 0.1) is 11.3 Å². The van der Waals surface area contributed by atoms with E-state index in [2.05, 4.69) is 10.6 Å². The Hall–Kier alpha value is -4.31. The first-order chi connectivity index (χ1) is 14.6. The van der Waals surface area contributed by atoms with Crippen molar-refractivity contribution in [1.29, 1.82) is 5.26 Å². The minimum atomic E-state index is -0.420. The van der Waals surface area contributed by atoms with Crippen molar-refractivity contribution in [3.63, 3.8) is 0 Å². The fourth-order valence-electron chi connectivity index (χ4n) is 2.69. The van der Waals surface area contributed by atoms with Crippen LogP contribution in [0.15, 0.2) is 72.8 Å². The lowest BCUT2D eigenvalue weighted by Crippen LogP contribution is -2.22. The number of anilines is 2. The minimum Gasteiger partial charge on any atom is -0.495 e. The molecule has 0 unspecified atom stereocenters. The third kappa shape index (κ3) is 5.14. The molecular formula is C23H19N3O4. The maximum Gasteiger partial charge on any atom is 0.262 e. The molecule has 2 N–H and O–H groups in total. The van der Waals surface area contributed by atoms with Crippen LogP contribution in [0.25, 0.3) is 0 Å². The molecule has 3 aromatic rings. The van der Waals surface area contributed by atoms with Crippen LogP contribution in [0.2, 0.25) is 0 Å². The zero-order chi connectivity index (χ0) is 21.3. The monoisotopic (exact) mass is 401 g/mol. The predicted molar refractivity (Wildman–Crippen MR) is 113 cm³/mol. The number of hydrogen-bond acceptors (Lipinski definition) is 5. The molecule has 7 heteroatoms. The lowest BCUT2D eigenvalue weighted by molar-refractivity contribution is -0.118. The number of para-hydroxylation sites is 3. The Morgan fingerprint density at radius 1 is 0.900 bits per heavy atom. The number of methoxy groups -OCH3 is 1. The number of nitrogens with one attached hydrogen (secondary N) is 2. The molecular weight excluding hydrogens is 382 g/mol. The number of ether oxygens (including phenoxy) is 2. The maximum atomic E-state index is 12.7. The van der Waals surface area contributed by atoms with E-state index >= 15 is 0 Å². The van der Waals surface area contributed by atoms with Gasteiger partial charge in [-0.25, -0.2) is 0 Å². The van der Waals surface area contributed by atoms with Crippen molar-refractivity contribution in [3.8, 4) is 17.6 Å². The van der Waals surface area contributed by atoms with Crippen LogP contribution in [0.1, 0.15) is 15.9 Å². The van der Waals surface area contributed by atoms with Crippen molar-refractivity contribution in [1.82, 2.24) is 0 Å². The van der Waals surface area contributed by atoms with Crippen LogP contribution in [-0.4, -0.2) is 25.5 Å². The van der Waals surface area contributed by atoms with Gasteiger partial charge >= 0.3 is 0 Å². The van der Waals surface area contributed by atoms with E-state index in [9.17, 15) is 9.59 Å². The highest BCUT2D eigenvalue weighted by atomic mass is 16.5. The Kier molecular flexibility index (Phi) is 6.64. The standard InChI is InChI=1S/C23H19N3O4/c1-29-21-9-5-4-8-20(21)26-23(28)18-6-2-3-7-19(18)25-22(27)15-30-17-12-10-16(14-24)11-13-17/h2-13H,15H2,1H3,(H,25,27)(H,26,28). The smallest absolute Gasteiger partial charge is 0.262 e. The maximum absolute atomic E-state index is 12.7. The molecule has 0 aliphatic rings. The summed E-state index contributed by atoms with van der Waals surface area (Å²) in [5.41, 5.74) is 1.69. The van der Waals surface area contributed by atoms with Gasteiger partial charge in [0.25, 0.3) is 11.8 Å². The summed E-state index contributed by atoms with van der Waals surface area (Å²) in [6.45, 7) is -0.242. The summed E-state index contributed by atoms with van der Waals surface area (Å²) in [6, 6.07) is 22.2. The van der Waals surface area contributed by atoms with E-state index in [1.807, 2.05) is 6.07 Å². The van der Waals surface area contributed by atoms with Gasteiger partial charge in [0.2, 0.25) is 0 Å². The van der Waals surface area contributed by atoms with Gasteiger partial charge in [-0.2, -0.15) is 5.26 Å². The van der Waals surface area contributed by atoms with Gasteiger partial charge in [-0.1, -0.05) is 24.3 Å². The largest absolute Gasteiger partial charge is 0.495 e. The van der Waals surface area contributed by atoms with Gasteiger partial charge in [0.05, 0.1) is 35.7 Å². The summed E-state index contributed by atoms with van der Waals surface area (Å²) in [7, 11) is 1.52. The highest BCUT2D eigenvalue weighted by Crippen LogP contribution is 2.25. The van der Waals surface area contributed by atoms with Crippen LogP contribution in [0.5, 0.6) is 11.5 Å². The molecule has 150 valence electrons. The Morgan fingerprint density at radius 3 is 2.27 bits per heavy atom. The van der Waals surface area contributed by atoms with Crippen LogP contribution in [0.4, 0.5) is 11.4 Å². The first-order valence-electron chi connectivity index (χ1n) is 9.07. The van der Waals surface area contributed by atoms with E-state index in [1.165, 1.54) is 7.11 Å². The average molecular weight is 401 g/mol. The molecule has 0 saturated carbocycles. The van der Waals surface area contributed by atoms with Crippen molar-refractivity contribution in [2.75, 3.05) is 24.4 Å². The van der Waals surface area contributed by atoms with E-state index < -0.39 is 5.91 Å². The molecule has 0 heterocycles. The Morgan fingerprint density at radius 2 is 1.57 bits per heavy atom. The van der Waals surface area contributed by atoms with Crippen molar-refractivity contribution < 1.29 is 19.1 Å². The molecule has 0 radical (unpaired) electrons. The molecule has 0 spiro atoms. The number of rotatable bonds is 7. The second-order valence-corrected chi connectivity index (χ2v) is 6.17. The predicted octanol–water partition coefficient (Wildman–Crippen LogP) is 3.84. The summed E-state index contributed by atoms with van der Waals surface area (Å²) in [5.74, 6) is 0.190. The molecule has 0 atom stereocenters. The molecule has 0 aliphatic carbocycles. The van der Waals surface area contributed by atoms with Crippen LogP contribution in [0.3, 0.4) is 0 Å². The highest BCUT2D eigenvalue weighted by molar-refractivity contribution is 6.10. The Bertz CT molecular complexity index is 1090. The van der Waals surface area contributed by atoms with Gasteiger partial charge in [0.1, 0.15) is 11.5 Å². The molecule has 0 bridgehead atoms. The number of amides is 2. The van der Waals surface area contributed by atoms with Crippen molar-refractivity contribution in [3.05, 3.63) is 83.9 Å². The normalized spacial score (nSPS) is 9.87. The molecule has 3 rings (SSSR count). The number of nitriles is 1. The SMILES string of the molecule is COc1ccccc1NC(=O)c1ccccc1NC(=O)COc1ccc(C#N)cc1. The summed E-state index contributed by atoms with van der Waals surface area (Å²) >= 11 is 0. The number of hydrogen-bond donors (Lipinski definition) is 2. The van der Waals surface area contributed by atoms with Crippen LogP contribution >= 0.6 is 0 Å². The minimum absolute atomic E-state index is 0.242. The number of nitrogens with zero attached hydrogens (tertiary/aromatic N) is 1. The molecule has 0 aromatic heterocycles. The zero-order valence-corrected chi connectivity index (χ0v) is 16.2. The lowest BCUT2D eigenvalue weighted by atomic mass is 10.1. The highest BCUT2D eigenvalue weighted by Gasteiger charge is 2.15. The molecule has 7 nitrogen and oxygen atoms in total. The van der Waals surface area contributed by atoms with E-state index in [0.717, 1.165) is 0 Å². The van der Waals surface area contributed by atoms with Crippen LogP contribution < -0.4 is 20.1 Å². The van der Waals surface area contributed by atoms with Crippen molar-refractivity contribution >= 4 is 23.2 Å². The lowest BCUT2D eigenvalue weighted by Gasteiger charge is -2.13. The Balaban J connectivity index is 1.66. The summed E-state index contributed by atoms with van der Waals surface area (Å²) in [6.07, 6.45) is 0. The van der Waals surface area contributed by atoms with E-state index in [1.54, 1.807) is 72.8 Å². The van der Waals surface area contributed by atoms with Gasteiger partial charge in [0, 0.05) is 0 Å². The Labute approximate surface area is 173 Å². The third-order valence-electron chi connectivity index (χ3n) is 4.15. The van der Waals surface area contributed by atoms with Gasteiger partial charge in [-0.3, -0.25) is 9.59 Å². The second kappa shape index (κ2) is 9.75. The summed E-state index contributed by atoms with van der Waals surface area (Å²) < 4.78 is 10.7. The van der Waals surface area contributed by atoms with E-state index in [4.69, 9.17) is 14.7 Å². The first-order valence-corrected chi connectivity index (χ1v) is 9.07. The summed E-state index contributed by atoms with van der Waals surface area (Å²) in [5, 5.41) is 14.3.